The van der Waals surface area contributed by atoms with Crippen molar-refractivity contribution in [1.82, 2.24) is 9.80 Å². The highest BCUT2D eigenvalue weighted by Gasteiger charge is 2.33. The van der Waals surface area contributed by atoms with Crippen molar-refractivity contribution in [2.24, 2.45) is 10.9 Å². The fourth-order valence-corrected chi connectivity index (χ4v) is 1.26. The van der Waals surface area contributed by atoms with Crippen molar-refractivity contribution in [2.75, 3.05) is 28.2 Å². The highest BCUT2D eigenvalue weighted by Crippen LogP contribution is 2.33. The standard InChI is InChI=1S/C9H19N3/c1-7-6-8(7)10-9(11(2)3)12(4)5/h7-8H,6H2,1-5H3. The summed E-state index contributed by atoms with van der Waals surface area (Å²) in [7, 11) is 8.13. The van der Waals surface area contributed by atoms with E-state index in [9.17, 15) is 0 Å². The van der Waals surface area contributed by atoms with Gasteiger partial charge in [0.1, 0.15) is 0 Å². The first-order valence-corrected chi connectivity index (χ1v) is 4.45. The Hall–Kier alpha value is -0.730. The summed E-state index contributed by atoms with van der Waals surface area (Å²) in [4.78, 5) is 8.76. The van der Waals surface area contributed by atoms with Crippen LogP contribution in [0.5, 0.6) is 0 Å². The van der Waals surface area contributed by atoms with Crippen LogP contribution >= 0.6 is 0 Å². The molecule has 1 saturated carbocycles. The molecule has 0 radical (unpaired) electrons. The third kappa shape index (κ3) is 2.13. The SMILES string of the molecule is CC1CC1N=C(N(C)C)N(C)C. The van der Waals surface area contributed by atoms with Crippen LogP contribution in [0.25, 0.3) is 0 Å². The van der Waals surface area contributed by atoms with Crippen molar-refractivity contribution in [3.05, 3.63) is 0 Å². The zero-order chi connectivity index (χ0) is 9.30. The Kier molecular flexibility index (Phi) is 2.60. The van der Waals surface area contributed by atoms with Crippen LogP contribution < -0.4 is 0 Å². The van der Waals surface area contributed by atoms with Gasteiger partial charge in [-0.15, -0.1) is 0 Å². The van der Waals surface area contributed by atoms with E-state index in [1.54, 1.807) is 0 Å². The first-order chi connectivity index (χ1) is 5.52. The first-order valence-electron chi connectivity index (χ1n) is 4.45. The van der Waals surface area contributed by atoms with Crippen molar-refractivity contribution >= 4 is 5.96 Å². The molecule has 1 rings (SSSR count). The van der Waals surface area contributed by atoms with E-state index in [1.165, 1.54) is 6.42 Å². The minimum atomic E-state index is 0.574. The molecule has 0 saturated heterocycles. The second kappa shape index (κ2) is 3.33. The Morgan fingerprint density at radius 3 is 1.83 bits per heavy atom. The largest absolute Gasteiger partial charge is 0.349 e. The zero-order valence-corrected chi connectivity index (χ0v) is 8.70. The van der Waals surface area contributed by atoms with E-state index in [2.05, 4.69) is 21.7 Å². The summed E-state index contributed by atoms with van der Waals surface area (Å²) in [6.07, 6.45) is 1.26. The molecule has 1 aliphatic carbocycles. The fraction of sp³-hybridized carbons (Fsp3) is 0.889. The van der Waals surface area contributed by atoms with Crippen LogP contribution in [-0.4, -0.2) is 50.0 Å². The second-order valence-electron chi connectivity index (χ2n) is 4.00. The molecule has 2 unspecified atom stereocenters. The summed E-state index contributed by atoms with van der Waals surface area (Å²) >= 11 is 0. The monoisotopic (exact) mass is 169 g/mol. The Bertz CT molecular complexity index is 174. The quantitative estimate of drug-likeness (QED) is 0.428. The van der Waals surface area contributed by atoms with E-state index < -0.39 is 0 Å². The lowest BCUT2D eigenvalue weighted by molar-refractivity contribution is 0.478. The van der Waals surface area contributed by atoms with Gasteiger partial charge >= 0.3 is 0 Å². The summed E-state index contributed by atoms with van der Waals surface area (Å²) < 4.78 is 0. The van der Waals surface area contributed by atoms with Gasteiger partial charge in [-0.3, -0.25) is 0 Å². The second-order valence-corrected chi connectivity index (χ2v) is 4.00. The van der Waals surface area contributed by atoms with Crippen LogP contribution in [0.15, 0.2) is 4.99 Å². The number of hydrogen-bond acceptors (Lipinski definition) is 1. The molecule has 0 N–H and O–H groups in total. The van der Waals surface area contributed by atoms with Crippen LogP contribution in [0.4, 0.5) is 0 Å². The molecule has 3 nitrogen and oxygen atoms in total. The first kappa shape index (κ1) is 9.36. The predicted octanol–water partition coefficient (Wildman–Crippen LogP) is 0.874. The van der Waals surface area contributed by atoms with Gasteiger partial charge in [0, 0.05) is 28.2 Å². The van der Waals surface area contributed by atoms with Gasteiger partial charge in [-0.05, 0) is 12.3 Å². The predicted molar refractivity (Wildman–Crippen MR) is 52.4 cm³/mol. The molecule has 0 aromatic heterocycles. The zero-order valence-electron chi connectivity index (χ0n) is 8.70. The molecule has 0 bridgehead atoms. The molecule has 70 valence electrons. The molecule has 0 spiro atoms. The average molecular weight is 169 g/mol. The van der Waals surface area contributed by atoms with Gasteiger partial charge in [0.2, 0.25) is 0 Å². The maximum Gasteiger partial charge on any atom is 0.195 e. The fourth-order valence-electron chi connectivity index (χ4n) is 1.26. The van der Waals surface area contributed by atoms with Crippen LogP contribution in [0.2, 0.25) is 0 Å². The van der Waals surface area contributed by atoms with E-state index in [0.717, 1.165) is 11.9 Å². The third-order valence-electron chi connectivity index (χ3n) is 2.15. The molecule has 0 heterocycles. The summed E-state index contributed by atoms with van der Waals surface area (Å²) in [5.74, 6) is 1.87. The minimum Gasteiger partial charge on any atom is -0.349 e. The van der Waals surface area contributed by atoms with Crippen molar-refractivity contribution in [3.8, 4) is 0 Å². The van der Waals surface area contributed by atoms with Gasteiger partial charge in [0.15, 0.2) is 5.96 Å². The lowest BCUT2D eigenvalue weighted by atomic mass is 10.5. The Balaban J connectivity index is 2.59. The molecule has 0 aromatic rings. The van der Waals surface area contributed by atoms with Crippen LogP contribution in [0.3, 0.4) is 0 Å². The molecule has 0 amide bonds. The molecule has 12 heavy (non-hydrogen) atoms. The van der Waals surface area contributed by atoms with Crippen molar-refractivity contribution in [1.29, 1.82) is 0 Å². The van der Waals surface area contributed by atoms with Gasteiger partial charge in [0.05, 0.1) is 6.04 Å². The summed E-state index contributed by atoms with van der Waals surface area (Å²) in [5.41, 5.74) is 0. The van der Waals surface area contributed by atoms with E-state index in [1.807, 2.05) is 28.2 Å². The van der Waals surface area contributed by atoms with Crippen molar-refractivity contribution in [2.45, 2.75) is 19.4 Å². The number of aliphatic imine (C=N–C) groups is 1. The molecule has 1 fully saturated rings. The Morgan fingerprint density at radius 2 is 1.58 bits per heavy atom. The molecule has 2 atom stereocenters. The Labute approximate surface area is 75.1 Å². The Morgan fingerprint density at radius 1 is 1.17 bits per heavy atom. The van der Waals surface area contributed by atoms with Gasteiger partial charge < -0.3 is 9.80 Å². The topological polar surface area (TPSA) is 18.8 Å². The molecule has 1 aliphatic rings. The van der Waals surface area contributed by atoms with Crippen LogP contribution in [-0.2, 0) is 0 Å². The molecule has 3 heteroatoms. The smallest absolute Gasteiger partial charge is 0.195 e. The number of hydrogen-bond donors (Lipinski definition) is 0. The van der Waals surface area contributed by atoms with Gasteiger partial charge in [0.25, 0.3) is 0 Å². The lowest BCUT2D eigenvalue weighted by Crippen LogP contribution is -2.35. The maximum atomic E-state index is 4.64. The van der Waals surface area contributed by atoms with Crippen LogP contribution in [0.1, 0.15) is 13.3 Å². The molecular formula is C9H19N3. The maximum absolute atomic E-state index is 4.64. The third-order valence-corrected chi connectivity index (χ3v) is 2.15. The van der Waals surface area contributed by atoms with Gasteiger partial charge in [-0.2, -0.15) is 0 Å². The highest BCUT2D eigenvalue weighted by atomic mass is 15.3. The number of rotatable bonds is 1. The van der Waals surface area contributed by atoms with Crippen LogP contribution in [0, 0.1) is 5.92 Å². The molecular weight excluding hydrogens is 150 g/mol. The minimum absolute atomic E-state index is 0.574. The number of nitrogens with zero attached hydrogens (tertiary/aromatic N) is 3. The number of guanidine groups is 1. The molecule has 0 aliphatic heterocycles. The lowest BCUT2D eigenvalue weighted by Gasteiger charge is -2.22. The van der Waals surface area contributed by atoms with Gasteiger partial charge in [-0.25, -0.2) is 4.99 Å². The van der Waals surface area contributed by atoms with E-state index in [-0.39, 0.29) is 0 Å². The van der Waals surface area contributed by atoms with Crippen molar-refractivity contribution in [3.63, 3.8) is 0 Å². The van der Waals surface area contributed by atoms with Gasteiger partial charge in [-0.1, -0.05) is 6.92 Å². The van der Waals surface area contributed by atoms with E-state index >= 15 is 0 Å². The normalized spacial score (nSPS) is 26.4. The van der Waals surface area contributed by atoms with Crippen molar-refractivity contribution < 1.29 is 0 Å². The summed E-state index contributed by atoms with van der Waals surface area (Å²) in [6, 6.07) is 0.574. The summed E-state index contributed by atoms with van der Waals surface area (Å²) in [5, 5.41) is 0. The van der Waals surface area contributed by atoms with E-state index in [0.29, 0.717) is 6.04 Å². The molecule has 0 aromatic carbocycles. The average Bonchev–Trinajstić information content (AvgIpc) is 2.60. The van der Waals surface area contributed by atoms with E-state index in [4.69, 9.17) is 0 Å². The summed E-state index contributed by atoms with van der Waals surface area (Å²) in [6.45, 7) is 2.25. The highest BCUT2D eigenvalue weighted by molar-refractivity contribution is 5.79.